The minimum atomic E-state index is 0.147. The molecule has 0 radical (unpaired) electrons. The molecule has 3 rings (SSSR count). The summed E-state index contributed by atoms with van der Waals surface area (Å²) in [6, 6.07) is 11.8. The van der Waals surface area contributed by atoms with Crippen LogP contribution in [0, 0.1) is 0 Å². The topological polar surface area (TPSA) is 53.3 Å². The molecule has 1 atom stereocenters. The molecule has 0 aliphatic carbocycles. The van der Waals surface area contributed by atoms with Gasteiger partial charge in [0, 0.05) is 26.2 Å². The van der Waals surface area contributed by atoms with Gasteiger partial charge in [-0.2, -0.15) is 0 Å². The lowest BCUT2D eigenvalue weighted by Crippen LogP contribution is -2.87. The molecule has 0 spiro atoms. The summed E-state index contributed by atoms with van der Waals surface area (Å²) < 4.78 is 5.37. The van der Waals surface area contributed by atoms with E-state index in [1.165, 1.54) is 0 Å². The lowest BCUT2D eigenvalue weighted by Gasteiger charge is -2.36. The Morgan fingerprint density at radius 2 is 1.96 bits per heavy atom. The second-order valence-electron chi connectivity index (χ2n) is 6.06. The molecule has 0 unspecified atom stereocenters. The molecule has 1 aromatic carbocycles. The molecule has 1 fully saturated rings. The number of piperazine rings is 1. The molecule has 128 valence electrons. The zero-order valence-electron chi connectivity index (χ0n) is 13.8. The number of para-hydroxylation sites is 1. The summed E-state index contributed by atoms with van der Waals surface area (Å²) in [5.41, 5.74) is 1.05. The molecule has 2 aromatic rings. The van der Waals surface area contributed by atoms with Gasteiger partial charge in [0.1, 0.15) is 6.04 Å². The van der Waals surface area contributed by atoms with E-state index in [9.17, 15) is 4.79 Å². The number of carbonyl (C=O) groups excluding carboxylic acids is 1. The summed E-state index contributed by atoms with van der Waals surface area (Å²) in [7, 11) is 0. The number of hydrogen-bond donors (Lipinski definition) is 1. The molecule has 2 N–H and O–H groups in total. The molecule has 24 heavy (non-hydrogen) atoms. The van der Waals surface area contributed by atoms with Gasteiger partial charge in [-0.25, -0.2) is 0 Å². The summed E-state index contributed by atoms with van der Waals surface area (Å²) in [6.45, 7) is 5.56. The van der Waals surface area contributed by atoms with E-state index >= 15 is 0 Å². The Labute approximate surface area is 147 Å². The number of carbonyl (C=O) groups is 1. The molecule has 1 amide bonds. The predicted octanol–water partition coefficient (Wildman–Crippen LogP) is 1.91. The normalized spacial score (nSPS) is 16.2. The number of anilines is 1. The second-order valence-corrected chi connectivity index (χ2v) is 6.47. The van der Waals surface area contributed by atoms with Gasteiger partial charge in [-0.15, -0.1) is 0 Å². The summed E-state index contributed by atoms with van der Waals surface area (Å²) in [5.74, 6) is 1.07. The average molecular weight is 349 g/mol. The first-order valence-corrected chi connectivity index (χ1v) is 8.67. The summed E-state index contributed by atoms with van der Waals surface area (Å²) >= 11 is 6.25. The first-order valence-electron chi connectivity index (χ1n) is 8.29. The molecule has 0 saturated carbocycles. The summed E-state index contributed by atoms with van der Waals surface area (Å²) in [6.07, 6.45) is 1.66. The third-order valence-corrected chi connectivity index (χ3v) is 4.78. The van der Waals surface area contributed by atoms with E-state index in [0.717, 1.165) is 42.6 Å². The highest BCUT2D eigenvalue weighted by atomic mass is 35.5. The van der Waals surface area contributed by atoms with E-state index < -0.39 is 0 Å². The van der Waals surface area contributed by atoms with Gasteiger partial charge in [0.05, 0.1) is 17.0 Å². The smallest absolute Gasteiger partial charge is 0.277 e. The monoisotopic (exact) mass is 348 g/mol. The van der Waals surface area contributed by atoms with E-state index in [2.05, 4.69) is 4.90 Å². The zero-order chi connectivity index (χ0) is 16.9. The number of hydrogen-bond acceptors (Lipinski definition) is 3. The van der Waals surface area contributed by atoms with Crippen LogP contribution >= 0.6 is 11.6 Å². The van der Waals surface area contributed by atoms with Crippen molar-refractivity contribution in [3.63, 3.8) is 0 Å². The highest BCUT2D eigenvalue weighted by Crippen LogP contribution is 2.25. The minimum absolute atomic E-state index is 0.147. The number of nitrogens with zero attached hydrogens (tertiary/aromatic N) is 2. The number of quaternary nitrogens is 1. The van der Waals surface area contributed by atoms with Gasteiger partial charge in [0.15, 0.2) is 12.3 Å². The molecule has 1 aromatic heterocycles. The Balaban J connectivity index is 1.48. The fourth-order valence-electron chi connectivity index (χ4n) is 2.98. The first-order chi connectivity index (χ1) is 11.6. The Kier molecular flexibility index (Phi) is 5.43. The summed E-state index contributed by atoms with van der Waals surface area (Å²) in [4.78, 5) is 16.6. The van der Waals surface area contributed by atoms with Crippen molar-refractivity contribution in [2.45, 2.75) is 13.0 Å². The first kappa shape index (κ1) is 16.9. The number of nitrogens with two attached hydrogens (primary N) is 1. The van der Waals surface area contributed by atoms with Crippen LogP contribution in [0.15, 0.2) is 47.1 Å². The number of halogens is 1. The SMILES string of the molecule is C[C@H]([NH2+]CC(=O)N1CCN(c2ccccc2Cl)CC1)c1ccco1. The van der Waals surface area contributed by atoms with Crippen molar-refractivity contribution in [2.75, 3.05) is 37.6 Å². The van der Waals surface area contributed by atoms with Crippen molar-refractivity contribution in [2.24, 2.45) is 0 Å². The van der Waals surface area contributed by atoms with E-state index in [-0.39, 0.29) is 11.9 Å². The van der Waals surface area contributed by atoms with Gasteiger partial charge >= 0.3 is 0 Å². The van der Waals surface area contributed by atoms with Crippen LogP contribution in [0.2, 0.25) is 5.02 Å². The number of benzene rings is 1. The van der Waals surface area contributed by atoms with Crippen LogP contribution in [0.25, 0.3) is 0 Å². The number of amides is 1. The van der Waals surface area contributed by atoms with Crippen LogP contribution in [-0.4, -0.2) is 43.5 Å². The van der Waals surface area contributed by atoms with E-state index in [1.54, 1.807) is 6.26 Å². The van der Waals surface area contributed by atoms with E-state index in [0.29, 0.717) is 6.54 Å². The Hall–Kier alpha value is -1.98. The van der Waals surface area contributed by atoms with Crippen LogP contribution in [0.3, 0.4) is 0 Å². The largest absolute Gasteiger partial charge is 0.463 e. The van der Waals surface area contributed by atoms with Crippen LogP contribution in [0.1, 0.15) is 18.7 Å². The van der Waals surface area contributed by atoms with Gasteiger partial charge < -0.3 is 19.5 Å². The van der Waals surface area contributed by atoms with Gasteiger partial charge in [-0.3, -0.25) is 4.79 Å². The third-order valence-electron chi connectivity index (χ3n) is 4.46. The van der Waals surface area contributed by atoms with Gasteiger partial charge in [-0.05, 0) is 31.2 Å². The maximum Gasteiger partial charge on any atom is 0.277 e. The van der Waals surface area contributed by atoms with Crippen LogP contribution in [0.4, 0.5) is 5.69 Å². The Bertz CT molecular complexity index is 667. The van der Waals surface area contributed by atoms with Crippen molar-refractivity contribution in [3.05, 3.63) is 53.4 Å². The highest BCUT2D eigenvalue weighted by Gasteiger charge is 2.24. The van der Waals surface area contributed by atoms with E-state index in [4.69, 9.17) is 16.0 Å². The Morgan fingerprint density at radius 3 is 2.62 bits per heavy atom. The second kappa shape index (κ2) is 7.73. The van der Waals surface area contributed by atoms with Gasteiger partial charge in [-0.1, -0.05) is 23.7 Å². The van der Waals surface area contributed by atoms with Crippen molar-refractivity contribution >= 4 is 23.2 Å². The lowest BCUT2D eigenvalue weighted by molar-refractivity contribution is -0.685. The Morgan fingerprint density at radius 1 is 1.21 bits per heavy atom. The summed E-state index contributed by atoms with van der Waals surface area (Å²) in [5, 5.41) is 2.78. The fourth-order valence-corrected chi connectivity index (χ4v) is 3.23. The van der Waals surface area contributed by atoms with Crippen molar-refractivity contribution in [1.29, 1.82) is 0 Å². The number of rotatable bonds is 5. The average Bonchev–Trinajstić information content (AvgIpc) is 3.15. The van der Waals surface area contributed by atoms with Gasteiger partial charge in [0.25, 0.3) is 5.91 Å². The van der Waals surface area contributed by atoms with Crippen LogP contribution in [-0.2, 0) is 4.79 Å². The maximum absolute atomic E-state index is 12.4. The van der Waals surface area contributed by atoms with E-state index in [1.807, 2.05) is 53.5 Å². The zero-order valence-corrected chi connectivity index (χ0v) is 14.6. The molecular weight excluding hydrogens is 326 g/mol. The highest BCUT2D eigenvalue weighted by molar-refractivity contribution is 6.33. The molecule has 6 heteroatoms. The standard InChI is InChI=1S/C18H22ClN3O2/c1-14(17-7-4-12-24-17)20-13-18(23)22-10-8-21(9-11-22)16-6-3-2-5-15(16)19/h2-7,12,14,20H,8-11,13H2,1H3/p+1/t14-/m0/s1. The molecule has 2 heterocycles. The molecule has 1 saturated heterocycles. The molecule has 0 bridgehead atoms. The maximum atomic E-state index is 12.4. The number of furan rings is 1. The van der Waals surface area contributed by atoms with Gasteiger partial charge in [0.2, 0.25) is 0 Å². The predicted molar refractivity (Wildman–Crippen MR) is 94.2 cm³/mol. The molecule has 5 nitrogen and oxygen atoms in total. The molecule has 1 aliphatic heterocycles. The van der Waals surface area contributed by atoms with Crippen molar-refractivity contribution < 1.29 is 14.5 Å². The molecule has 1 aliphatic rings. The quantitative estimate of drug-likeness (QED) is 0.898. The van der Waals surface area contributed by atoms with Crippen molar-refractivity contribution in [1.82, 2.24) is 4.90 Å². The lowest BCUT2D eigenvalue weighted by atomic mass is 10.2. The van der Waals surface area contributed by atoms with Crippen LogP contribution < -0.4 is 10.2 Å². The fraction of sp³-hybridized carbons (Fsp3) is 0.389. The van der Waals surface area contributed by atoms with Crippen molar-refractivity contribution in [3.8, 4) is 0 Å². The minimum Gasteiger partial charge on any atom is -0.463 e. The van der Waals surface area contributed by atoms with Crippen LogP contribution in [0.5, 0.6) is 0 Å². The third kappa shape index (κ3) is 3.91. The molecular formula is C18H23ClN3O2+.